The fourth-order valence-corrected chi connectivity index (χ4v) is 0.817. The maximum absolute atomic E-state index is 9.78. The molecule has 7 nitrogen and oxygen atoms in total. The summed E-state index contributed by atoms with van der Waals surface area (Å²) in [6.07, 6.45) is 0. The molecule has 82 valence electrons. The molecule has 0 saturated carbocycles. The molecule has 14 heavy (non-hydrogen) atoms. The van der Waals surface area contributed by atoms with E-state index in [1.165, 1.54) is 20.1 Å². The van der Waals surface area contributed by atoms with Crippen LogP contribution in [0, 0.1) is 4.91 Å². The molecule has 1 aliphatic rings. The number of hydrogen-bond acceptors (Lipinski definition) is 5. The van der Waals surface area contributed by atoms with E-state index >= 15 is 0 Å². The zero-order valence-corrected chi connectivity index (χ0v) is 8.56. The number of primary amides is 1. The number of piperazine rings is 1. The van der Waals surface area contributed by atoms with Crippen LogP contribution in [0.25, 0.3) is 0 Å². The topological polar surface area (TPSA) is 91.0 Å². The van der Waals surface area contributed by atoms with E-state index in [4.69, 9.17) is 0 Å². The first-order valence-electron chi connectivity index (χ1n) is 4.33. The van der Waals surface area contributed by atoms with Gasteiger partial charge in [-0.2, -0.15) is 5.01 Å². The van der Waals surface area contributed by atoms with Crippen molar-refractivity contribution in [2.75, 3.05) is 40.3 Å². The lowest BCUT2D eigenvalue weighted by Crippen LogP contribution is -2.40. The molecule has 1 rings (SSSR count). The van der Waals surface area contributed by atoms with E-state index in [2.05, 4.69) is 28.3 Å². The van der Waals surface area contributed by atoms with Crippen molar-refractivity contribution in [3.05, 3.63) is 4.91 Å². The van der Waals surface area contributed by atoms with Crippen molar-refractivity contribution in [2.45, 2.75) is 0 Å². The maximum atomic E-state index is 9.78. The Kier molecular flexibility index (Phi) is 6.59. The summed E-state index contributed by atoms with van der Waals surface area (Å²) in [4.78, 5) is 21.4. The maximum Gasteiger partial charge on any atom is 0.337 e. The number of likely N-dealkylation sites (N-methyl/N-ethyl adjacent to an activating group) is 1. The standard InChI is InChI=1S/C5H12N2.C2H5N3O2/c1-7-4-2-6-3-5-7;1-5(4-7)2(3)6/h6H,2-5H2,1H3;1H3,(H2,3,6). The van der Waals surface area contributed by atoms with E-state index < -0.39 is 6.03 Å². The lowest BCUT2D eigenvalue weighted by Gasteiger charge is -2.21. The Morgan fingerprint density at radius 3 is 2.14 bits per heavy atom. The van der Waals surface area contributed by atoms with Crippen LogP contribution in [0.1, 0.15) is 0 Å². The molecule has 1 saturated heterocycles. The van der Waals surface area contributed by atoms with Gasteiger partial charge in [0.15, 0.2) is 0 Å². The predicted molar refractivity (Wildman–Crippen MR) is 53.5 cm³/mol. The average molecular weight is 203 g/mol. The molecule has 0 unspecified atom stereocenters. The van der Waals surface area contributed by atoms with Gasteiger partial charge in [-0.25, -0.2) is 4.79 Å². The quantitative estimate of drug-likeness (QED) is 0.431. The monoisotopic (exact) mass is 203 g/mol. The van der Waals surface area contributed by atoms with Gasteiger partial charge in [0.25, 0.3) is 0 Å². The number of nitrogens with zero attached hydrogens (tertiary/aromatic N) is 3. The zero-order chi connectivity index (χ0) is 11.0. The fourth-order valence-electron chi connectivity index (χ4n) is 0.817. The van der Waals surface area contributed by atoms with Crippen LogP contribution in [0.3, 0.4) is 0 Å². The van der Waals surface area contributed by atoms with Crippen molar-refractivity contribution in [3.63, 3.8) is 0 Å². The highest BCUT2D eigenvalue weighted by molar-refractivity contribution is 5.71. The lowest BCUT2D eigenvalue weighted by molar-refractivity contribution is 0.220. The molecule has 1 heterocycles. The van der Waals surface area contributed by atoms with Gasteiger partial charge in [0.1, 0.15) is 0 Å². The van der Waals surface area contributed by atoms with E-state index in [0.717, 1.165) is 13.1 Å². The van der Waals surface area contributed by atoms with Gasteiger partial charge in [0.2, 0.25) is 0 Å². The van der Waals surface area contributed by atoms with Gasteiger partial charge < -0.3 is 16.0 Å². The molecule has 0 radical (unpaired) electrons. The van der Waals surface area contributed by atoms with Crippen LogP contribution in [0.2, 0.25) is 0 Å². The van der Waals surface area contributed by atoms with Crippen molar-refractivity contribution in [1.82, 2.24) is 15.2 Å². The first-order valence-corrected chi connectivity index (χ1v) is 4.33. The number of rotatable bonds is 1. The Bertz CT molecular complexity index is 181. The third-order valence-corrected chi connectivity index (χ3v) is 1.78. The van der Waals surface area contributed by atoms with E-state index in [9.17, 15) is 9.70 Å². The summed E-state index contributed by atoms with van der Waals surface area (Å²) in [7, 11) is 3.33. The predicted octanol–water partition coefficient (Wildman–Crippen LogP) is -0.800. The van der Waals surface area contributed by atoms with Crippen molar-refractivity contribution < 1.29 is 4.79 Å². The first kappa shape index (κ1) is 12.8. The van der Waals surface area contributed by atoms with Crippen molar-refractivity contribution in [2.24, 2.45) is 11.0 Å². The minimum absolute atomic E-state index is 0.500. The molecule has 1 aliphatic heterocycles. The fraction of sp³-hybridized carbons (Fsp3) is 0.857. The van der Waals surface area contributed by atoms with E-state index in [1.807, 2.05) is 0 Å². The van der Waals surface area contributed by atoms with E-state index in [-0.39, 0.29) is 0 Å². The van der Waals surface area contributed by atoms with Crippen LogP contribution >= 0.6 is 0 Å². The highest BCUT2D eigenvalue weighted by atomic mass is 16.3. The zero-order valence-electron chi connectivity index (χ0n) is 8.56. The average Bonchev–Trinajstić information content (AvgIpc) is 2.18. The van der Waals surface area contributed by atoms with Crippen LogP contribution in [0.5, 0.6) is 0 Å². The van der Waals surface area contributed by atoms with Gasteiger partial charge in [-0.05, 0) is 7.05 Å². The Hall–Kier alpha value is -1.21. The molecule has 0 spiro atoms. The summed E-state index contributed by atoms with van der Waals surface area (Å²) >= 11 is 0. The highest BCUT2D eigenvalue weighted by Crippen LogP contribution is 1.83. The molecule has 1 fully saturated rings. The number of hydrogen-bond donors (Lipinski definition) is 2. The van der Waals surface area contributed by atoms with Gasteiger partial charge in [0.05, 0.1) is 5.29 Å². The van der Waals surface area contributed by atoms with Crippen LogP contribution < -0.4 is 11.1 Å². The molecule has 7 heteroatoms. The Morgan fingerprint density at radius 1 is 1.50 bits per heavy atom. The second-order valence-corrected chi connectivity index (χ2v) is 3.00. The summed E-state index contributed by atoms with van der Waals surface area (Å²) in [5, 5.41) is 5.97. The van der Waals surface area contributed by atoms with Crippen molar-refractivity contribution in [3.8, 4) is 0 Å². The molecule has 3 N–H and O–H groups in total. The van der Waals surface area contributed by atoms with Gasteiger partial charge in [0, 0.05) is 33.2 Å². The number of nitroso groups, excluding NO2 is 1. The summed E-state index contributed by atoms with van der Waals surface area (Å²) < 4.78 is 0. The van der Waals surface area contributed by atoms with Crippen molar-refractivity contribution >= 4 is 6.03 Å². The smallest absolute Gasteiger partial charge is 0.337 e. The molecule has 0 aromatic rings. The third kappa shape index (κ3) is 6.32. The summed E-state index contributed by atoms with van der Waals surface area (Å²) in [5.41, 5.74) is 4.54. The van der Waals surface area contributed by atoms with Gasteiger partial charge in [-0.15, -0.1) is 4.91 Å². The number of nitrogens with one attached hydrogen (secondary N) is 1. The lowest BCUT2D eigenvalue weighted by atomic mass is 10.4. The second-order valence-electron chi connectivity index (χ2n) is 3.00. The van der Waals surface area contributed by atoms with Crippen LogP contribution in [-0.2, 0) is 0 Å². The van der Waals surface area contributed by atoms with E-state index in [1.54, 1.807) is 0 Å². The Labute approximate surface area is 83.2 Å². The number of amides is 2. The van der Waals surface area contributed by atoms with Gasteiger partial charge >= 0.3 is 6.03 Å². The van der Waals surface area contributed by atoms with Crippen LogP contribution in [0.4, 0.5) is 4.79 Å². The van der Waals surface area contributed by atoms with Crippen molar-refractivity contribution in [1.29, 1.82) is 0 Å². The normalized spacial score (nSPS) is 16.4. The summed E-state index contributed by atoms with van der Waals surface area (Å²) in [6.45, 7) is 4.74. The SMILES string of the molecule is CN(N=O)C(N)=O.CN1CCNCC1. The largest absolute Gasteiger partial charge is 0.350 e. The summed E-state index contributed by atoms with van der Waals surface area (Å²) in [5.74, 6) is 0. The highest BCUT2D eigenvalue weighted by Gasteiger charge is 2.01. The van der Waals surface area contributed by atoms with Crippen LogP contribution in [-0.4, -0.2) is 56.2 Å². The molecule has 2 amide bonds. The third-order valence-electron chi connectivity index (χ3n) is 1.78. The molecular weight excluding hydrogens is 186 g/mol. The van der Waals surface area contributed by atoms with Crippen LogP contribution in [0.15, 0.2) is 5.29 Å². The molecule has 0 aromatic carbocycles. The number of carbonyl (C=O) groups is 1. The molecule has 0 aliphatic carbocycles. The first-order chi connectivity index (χ1) is 6.57. The molecular formula is C7H17N5O2. The Balaban J connectivity index is 0.000000241. The Morgan fingerprint density at radius 2 is 2.00 bits per heavy atom. The minimum Gasteiger partial charge on any atom is -0.350 e. The number of carbonyl (C=O) groups excluding carboxylic acids is 1. The second kappa shape index (κ2) is 7.22. The van der Waals surface area contributed by atoms with Gasteiger partial charge in [-0.1, -0.05) is 0 Å². The molecule has 0 aromatic heterocycles. The molecule has 0 bridgehead atoms. The number of urea groups is 1. The van der Waals surface area contributed by atoms with Gasteiger partial charge in [-0.3, -0.25) is 0 Å². The number of nitrogens with two attached hydrogens (primary N) is 1. The molecule has 0 atom stereocenters. The van der Waals surface area contributed by atoms with E-state index in [0.29, 0.717) is 5.01 Å². The minimum atomic E-state index is -0.852. The summed E-state index contributed by atoms with van der Waals surface area (Å²) in [6, 6.07) is -0.852.